The minimum atomic E-state index is -3.62. The normalized spacial score (nSPS) is 27.5. The Bertz CT molecular complexity index is 622. The highest BCUT2D eigenvalue weighted by Crippen LogP contribution is 2.35. The highest BCUT2D eigenvalue weighted by atomic mass is 79.9. The van der Waals surface area contributed by atoms with Gasteiger partial charge in [-0.1, -0.05) is 0 Å². The van der Waals surface area contributed by atoms with E-state index in [4.69, 9.17) is 4.74 Å². The van der Waals surface area contributed by atoms with Crippen LogP contribution in [0.1, 0.15) is 19.3 Å². The van der Waals surface area contributed by atoms with Gasteiger partial charge in [-0.05, 0) is 53.4 Å². The number of nitrogens with zero attached hydrogens (tertiary/aromatic N) is 1. The molecule has 1 saturated heterocycles. The largest absolute Gasteiger partial charge is 0.375 e. The molecule has 110 valence electrons. The van der Waals surface area contributed by atoms with Gasteiger partial charge in [0, 0.05) is 11.0 Å². The van der Waals surface area contributed by atoms with Gasteiger partial charge in [0.15, 0.2) is 0 Å². The first kappa shape index (κ1) is 14.4. The summed E-state index contributed by atoms with van der Waals surface area (Å²) in [5, 5.41) is 0. The molecular weight excluding hydrogens is 349 g/mol. The summed E-state index contributed by atoms with van der Waals surface area (Å²) in [7, 11) is -3.62. The predicted octanol–water partition coefficient (Wildman–Crippen LogP) is 2.53. The average Bonchev–Trinajstić information content (AvgIpc) is 2.85. The fraction of sp³-hybridized carbons (Fsp3) is 0.538. The Morgan fingerprint density at radius 1 is 1.35 bits per heavy atom. The first-order valence-corrected chi connectivity index (χ1v) is 8.82. The van der Waals surface area contributed by atoms with Crippen LogP contribution in [-0.4, -0.2) is 38.0 Å². The van der Waals surface area contributed by atoms with Crippen LogP contribution in [0.25, 0.3) is 0 Å². The summed E-state index contributed by atoms with van der Waals surface area (Å²) in [5.41, 5.74) is 0. The van der Waals surface area contributed by atoms with E-state index in [1.165, 1.54) is 22.5 Å². The molecule has 1 aromatic rings. The molecule has 20 heavy (non-hydrogen) atoms. The van der Waals surface area contributed by atoms with Crippen molar-refractivity contribution in [3.05, 3.63) is 28.5 Å². The maximum atomic E-state index is 13.1. The molecule has 4 nitrogen and oxygen atoms in total. The number of halogens is 2. The average molecular weight is 364 g/mol. The van der Waals surface area contributed by atoms with E-state index in [-0.39, 0.29) is 21.5 Å². The molecule has 1 aliphatic heterocycles. The molecule has 2 atom stereocenters. The van der Waals surface area contributed by atoms with E-state index >= 15 is 0 Å². The van der Waals surface area contributed by atoms with Crippen molar-refractivity contribution in [1.82, 2.24) is 4.31 Å². The summed E-state index contributed by atoms with van der Waals surface area (Å²) >= 11 is 3.15. The van der Waals surface area contributed by atoms with E-state index in [0.29, 0.717) is 13.2 Å². The van der Waals surface area contributed by atoms with E-state index in [1.54, 1.807) is 0 Å². The number of sulfonamides is 1. The third kappa shape index (κ3) is 2.41. The Morgan fingerprint density at radius 3 is 2.90 bits per heavy atom. The zero-order chi connectivity index (χ0) is 14.3. The second-order valence-electron chi connectivity index (χ2n) is 5.10. The standard InChI is InChI=1S/C13H15BrFNO3S/c14-10-8-9(15)4-5-13(10)20(17,18)16-6-7-19-12-3-1-2-11(12)16/h4-5,8,11-12H,1-3,6-7H2. The lowest BCUT2D eigenvalue weighted by Crippen LogP contribution is -2.51. The van der Waals surface area contributed by atoms with E-state index in [1.807, 2.05) is 0 Å². The summed E-state index contributed by atoms with van der Waals surface area (Å²) in [5.74, 6) is -0.462. The molecule has 2 unspecified atom stereocenters. The Kier molecular flexibility index (Phi) is 3.87. The lowest BCUT2D eigenvalue weighted by atomic mass is 10.2. The van der Waals surface area contributed by atoms with E-state index in [9.17, 15) is 12.8 Å². The van der Waals surface area contributed by atoms with Crippen LogP contribution < -0.4 is 0 Å². The Morgan fingerprint density at radius 2 is 2.15 bits per heavy atom. The van der Waals surface area contributed by atoms with Crippen LogP contribution in [0.15, 0.2) is 27.6 Å². The van der Waals surface area contributed by atoms with Crippen LogP contribution in [0.5, 0.6) is 0 Å². The summed E-state index contributed by atoms with van der Waals surface area (Å²) in [6.07, 6.45) is 2.70. The first-order valence-electron chi connectivity index (χ1n) is 6.58. The van der Waals surface area contributed by atoms with Crippen molar-refractivity contribution >= 4 is 26.0 Å². The first-order chi connectivity index (χ1) is 9.50. The second-order valence-corrected chi connectivity index (χ2v) is 7.81. The van der Waals surface area contributed by atoms with Gasteiger partial charge < -0.3 is 4.74 Å². The maximum absolute atomic E-state index is 13.1. The molecule has 1 aromatic carbocycles. The molecule has 0 radical (unpaired) electrons. The monoisotopic (exact) mass is 363 g/mol. The Balaban J connectivity index is 1.98. The van der Waals surface area contributed by atoms with E-state index < -0.39 is 15.8 Å². The number of hydrogen-bond acceptors (Lipinski definition) is 3. The number of morpholine rings is 1. The smallest absolute Gasteiger partial charge is 0.244 e. The molecule has 0 aromatic heterocycles. The molecule has 1 heterocycles. The van der Waals surface area contributed by atoms with E-state index in [2.05, 4.69) is 15.9 Å². The minimum Gasteiger partial charge on any atom is -0.375 e. The summed E-state index contributed by atoms with van der Waals surface area (Å²) in [6, 6.07) is 3.57. The molecule has 3 rings (SSSR count). The molecule has 0 bridgehead atoms. The molecular formula is C13H15BrFNO3S. The number of benzene rings is 1. The van der Waals surface area contributed by atoms with Gasteiger partial charge in [0.25, 0.3) is 0 Å². The second kappa shape index (κ2) is 5.36. The summed E-state index contributed by atoms with van der Waals surface area (Å²) in [6.45, 7) is 0.770. The summed E-state index contributed by atoms with van der Waals surface area (Å²) < 4.78 is 46.1. The van der Waals surface area contributed by atoms with Crippen LogP contribution in [0.3, 0.4) is 0 Å². The predicted molar refractivity (Wildman–Crippen MR) is 75.4 cm³/mol. The molecule has 0 spiro atoms. The fourth-order valence-electron chi connectivity index (χ4n) is 3.00. The molecule has 1 aliphatic carbocycles. The van der Waals surface area contributed by atoms with Crippen LogP contribution in [0.2, 0.25) is 0 Å². The van der Waals surface area contributed by atoms with Gasteiger partial charge in [0.1, 0.15) is 5.82 Å². The lowest BCUT2D eigenvalue weighted by molar-refractivity contribution is -0.0241. The van der Waals surface area contributed by atoms with Crippen LogP contribution in [0.4, 0.5) is 4.39 Å². The van der Waals surface area contributed by atoms with Gasteiger partial charge in [-0.25, -0.2) is 12.8 Å². The molecule has 1 saturated carbocycles. The van der Waals surface area contributed by atoms with Crippen molar-refractivity contribution in [2.24, 2.45) is 0 Å². The third-order valence-electron chi connectivity index (χ3n) is 3.91. The number of hydrogen-bond donors (Lipinski definition) is 0. The molecule has 7 heteroatoms. The third-order valence-corrected chi connectivity index (χ3v) is 6.81. The Hall–Kier alpha value is -0.500. The maximum Gasteiger partial charge on any atom is 0.244 e. The van der Waals surface area contributed by atoms with Crippen molar-refractivity contribution in [3.8, 4) is 0 Å². The molecule has 2 aliphatic rings. The topological polar surface area (TPSA) is 46.6 Å². The van der Waals surface area contributed by atoms with Gasteiger partial charge in [-0.2, -0.15) is 4.31 Å². The van der Waals surface area contributed by atoms with Crippen LogP contribution in [0, 0.1) is 5.82 Å². The van der Waals surface area contributed by atoms with Gasteiger partial charge in [0.05, 0.1) is 23.6 Å². The Labute approximate surface area is 126 Å². The minimum absolute atomic E-state index is 0.00208. The van der Waals surface area contributed by atoms with E-state index in [0.717, 1.165) is 19.3 Å². The SMILES string of the molecule is O=S(=O)(c1ccc(F)cc1Br)N1CCOC2CCCC21. The lowest BCUT2D eigenvalue weighted by Gasteiger charge is -2.36. The van der Waals surface area contributed by atoms with Crippen molar-refractivity contribution in [2.45, 2.75) is 36.3 Å². The fourth-order valence-corrected chi connectivity index (χ4v) is 5.67. The van der Waals surface area contributed by atoms with Crippen LogP contribution in [-0.2, 0) is 14.8 Å². The number of fused-ring (bicyclic) bond motifs is 1. The van der Waals surface area contributed by atoms with Crippen molar-refractivity contribution < 1.29 is 17.5 Å². The van der Waals surface area contributed by atoms with Gasteiger partial charge in [-0.15, -0.1) is 0 Å². The number of ether oxygens (including phenoxy) is 1. The van der Waals surface area contributed by atoms with Crippen molar-refractivity contribution in [1.29, 1.82) is 0 Å². The van der Waals surface area contributed by atoms with Crippen LogP contribution >= 0.6 is 15.9 Å². The van der Waals surface area contributed by atoms with Gasteiger partial charge in [-0.3, -0.25) is 0 Å². The molecule has 0 N–H and O–H groups in total. The summed E-state index contributed by atoms with van der Waals surface area (Å²) in [4.78, 5) is 0.117. The highest BCUT2D eigenvalue weighted by Gasteiger charge is 2.42. The van der Waals surface area contributed by atoms with Crippen molar-refractivity contribution in [2.75, 3.05) is 13.2 Å². The van der Waals surface area contributed by atoms with Gasteiger partial charge >= 0.3 is 0 Å². The highest BCUT2D eigenvalue weighted by molar-refractivity contribution is 9.10. The quantitative estimate of drug-likeness (QED) is 0.810. The number of rotatable bonds is 2. The zero-order valence-electron chi connectivity index (χ0n) is 10.8. The van der Waals surface area contributed by atoms with Crippen molar-refractivity contribution in [3.63, 3.8) is 0 Å². The molecule has 2 fully saturated rings. The molecule has 0 amide bonds. The zero-order valence-corrected chi connectivity index (χ0v) is 13.2. The van der Waals surface area contributed by atoms with Gasteiger partial charge in [0.2, 0.25) is 10.0 Å².